The summed E-state index contributed by atoms with van der Waals surface area (Å²) in [5.41, 5.74) is 4.90. The van der Waals surface area contributed by atoms with Gasteiger partial charge in [0.05, 0.1) is 6.10 Å². The molecule has 1 rings (SSSR count). The Morgan fingerprint density at radius 1 is 0.941 bits per heavy atom. The molecule has 1 aromatic rings. The molecule has 1 N–H and O–H groups in total. The van der Waals surface area contributed by atoms with Gasteiger partial charge in [-0.25, -0.2) is 0 Å². The van der Waals surface area contributed by atoms with E-state index < -0.39 is 0 Å². The second-order valence-corrected chi connectivity index (χ2v) is 5.23. The molecule has 0 aliphatic heterocycles. The molecule has 0 spiro atoms. The van der Waals surface area contributed by atoms with Gasteiger partial charge >= 0.3 is 0 Å². The lowest BCUT2D eigenvalue weighted by Gasteiger charge is -2.20. The third kappa shape index (κ3) is 3.57. The zero-order chi connectivity index (χ0) is 13.0. The van der Waals surface area contributed by atoms with Crippen molar-refractivity contribution in [3.05, 3.63) is 34.4 Å². The lowest BCUT2D eigenvalue weighted by Crippen LogP contribution is -2.08. The maximum absolute atomic E-state index is 10.3. The predicted octanol–water partition coefficient (Wildman–Crippen LogP) is 4.47. The summed E-state index contributed by atoms with van der Waals surface area (Å²) >= 11 is 0. The summed E-state index contributed by atoms with van der Waals surface area (Å²) in [6, 6.07) is 4.33. The third-order valence-corrected chi connectivity index (χ3v) is 3.95. The average molecular weight is 234 g/mol. The molecular weight excluding hydrogens is 208 g/mol. The fourth-order valence-electron chi connectivity index (χ4n) is 2.41. The van der Waals surface area contributed by atoms with Gasteiger partial charge in [-0.3, -0.25) is 0 Å². The largest absolute Gasteiger partial charge is 0.388 e. The number of hydrogen-bond donors (Lipinski definition) is 1. The number of aryl methyl sites for hydroxylation is 3. The van der Waals surface area contributed by atoms with Gasteiger partial charge in [0.15, 0.2) is 0 Å². The van der Waals surface area contributed by atoms with Crippen LogP contribution in [0.2, 0.25) is 0 Å². The quantitative estimate of drug-likeness (QED) is 0.797. The number of rotatable bonds is 5. The maximum atomic E-state index is 10.3. The Kier molecular flexibility index (Phi) is 5.20. The van der Waals surface area contributed by atoms with Gasteiger partial charge in [-0.2, -0.15) is 0 Å². The summed E-state index contributed by atoms with van der Waals surface area (Å²) in [5, 5.41) is 10.3. The van der Waals surface area contributed by atoms with Crippen molar-refractivity contribution in [3.63, 3.8) is 0 Å². The zero-order valence-corrected chi connectivity index (χ0v) is 11.9. The second-order valence-electron chi connectivity index (χ2n) is 5.23. The highest BCUT2D eigenvalue weighted by Gasteiger charge is 2.15. The van der Waals surface area contributed by atoms with Crippen LogP contribution in [-0.4, -0.2) is 5.11 Å². The van der Waals surface area contributed by atoms with E-state index in [9.17, 15) is 5.11 Å². The van der Waals surface area contributed by atoms with Crippen molar-refractivity contribution < 1.29 is 5.11 Å². The molecule has 0 aliphatic rings. The Morgan fingerprint density at radius 2 is 1.47 bits per heavy atom. The van der Waals surface area contributed by atoms with Gasteiger partial charge in [0.1, 0.15) is 0 Å². The van der Waals surface area contributed by atoms with E-state index in [4.69, 9.17) is 0 Å². The molecular formula is C16H26O. The molecule has 0 heterocycles. The van der Waals surface area contributed by atoms with Crippen LogP contribution in [0, 0.1) is 26.7 Å². The Hall–Kier alpha value is -0.820. The van der Waals surface area contributed by atoms with Crippen LogP contribution in [-0.2, 0) is 0 Å². The fourth-order valence-corrected chi connectivity index (χ4v) is 2.41. The standard InChI is InChI=1S/C16H26O/c1-6-14(7-2)10-16(17)15-9-12(4)11(3)8-13(15)5/h8-9,14,16-17H,6-7,10H2,1-5H3. The van der Waals surface area contributed by atoms with Crippen LogP contribution in [0.15, 0.2) is 12.1 Å². The Balaban J connectivity index is 2.88. The molecule has 0 saturated carbocycles. The Labute approximate surface area is 106 Å². The van der Waals surface area contributed by atoms with Crippen LogP contribution >= 0.6 is 0 Å². The highest BCUT2D eigenvalue weighted by molar-refractivity contribution is 5.37. The zero-order valence-electron chi connectivity index (χ0n) is 11.9. The molecule has 17 heavy (non-hydrogen) atoms. The van der Waals surface area contributed by atoms with Gasteiger partial charge in [-0.1, -0.05) is 38.8 Å². The van der Waals surface area contributed by atoms with Crippen LogP contribution in [0.25, 0.3) is 0 Å². The van der Waals surface area contributed by atoms with Crippen LogP contribution < -0.4 is 0 Å². The summed E-state index contributed by atoms with van der Waals surface area (Å²) in [5.74, 6) is 0.631. The van der Waals surface area contributed by atoms with Gasteiger partial charge in [0.25, 0.3) is 0 Å². The SMILES string of the molecule is CCC(CC)CC(O)c1cc(C)c(C)cc1C. The molecule has 0 bridgehead atoms. The van der Waals surface area contributed by atoms with Crippen LogP contribution in [0.3, 0.4) is 0 Å². The molecule has 0 aromatic heterocycles. The van der Waals surface area contributed by atoms with E-state index >= 15 is 0 Å². The maximum Gasteiger partial charge on any atom is 0.0795 e. The van der Waals surface area contributed by atoms with E-state index in [-0.39, 0.29) is 6.10 Å². The van der Waals surface area contributed by atoms with Crippen molar-refractivity contribution in [1.29, 1.82) is 0 Å². The minimum atomic E-state index is -0.306. The first kappa shape index (κ1) is 14.2. The number of benzene rings is 1. The van der Waals surface area contributed by atoms with Gasteiger partial charge in [-0.15, -0.1) is 0 Å². The van der Waals surface area contributed by atoms with E-state index in [0.717, 1.165) is 24.8 Å². The van der Waals surface area contributed by atoms with Crippen molar-refractivity contribution in [2.45, 2.75) is 60.0 Å². The van der Waals surface area contributed by atoms with Crippen molar-refractivity contribution in [2.24, 2.45) is 5.92 Å². The normalized spacial score (nSPS) is 13.1. The molecule has 0 radical (unpaired) electrons. The van der Waals surface area contributed by atoms with Gasteiger partial charge in [0, 0.05) is 0 Å². The van der Waals surface area contributed by atoms with Crippen molar-refractivity contribution >= 4 is 0 Å². The number of hydrogen-bond acceptors (Lipinski definition) is 1. The molecule has 0 fully saturated rings. The molecule has 1 nitrogen and oxygen atoms in total. The van der Waals surface area contributed by atoms with Crippen LogP contribution in [0.1, 0.15) is 61.5 Å². The number of aliphatic hydroxyl groups excluding tert-OH is 1. The van der Waals surface area contributed by atoms with E-state index in [0.29, 0.717) is 5.92 Å². The lowest BCUT2D eigenvalue weighted by molar-refractivity contribution is 0.140. The minimum Gasteiger partial charge on any atom is -0.388 e. The molecule has 1 heteroatoms. The Bertz CT molecular complexity index is 364. The molecule has 1 atom stereocenters. The van der Waals surface area contributed by atoms with E-state index in [1.54, 1.807) is 0 Å². The Morgan fingerprint density at radius 3 is 2.00 bits per heavy atom. The first-order chi connectivity index (χ1) is 7.99. The van der Waals surface area contributed by atoms with E-state index in [2.05, 4.69) is 46.8 Å². The van der Waals surface area contributed by atoms with Gasteiger partial charge in [-0.05, 0) is 55.4 Å². The second kappa shape index (κ2) is 6.20. The first-order valence-corrected chi connectivity index (χ1v) is 6.75. The topological polar surface area (TPSA) is 20.2 Å². The average Bonchev–Trinajstić information content (AvgIpc) is 2.30. The van der Waals surface area contributed by atoms with Crippen molar-refractivity contribution in [3.8, 4) is 0 Å². The fraction of sp³-hybridized carbons (Fsp3) is 0.625. The highest BCUT2D eigenvalue weighted by Crippen LogP contribution is 2.28. The van der Waals surface area contributed by atoms with Crippen molar-refractivity contribution in [2.75, 3.05) is 0 Å². The minimum absolute atomic E-state index is 0.306. The highest BCUT2D eigenvalue weighted by atomic mass is 16.3. The summed E-state index contributed by atoms with van der Waals surface area (Å²) in [6.07, 6.45) is 2.88. The van der Waals surface area contributed by atoms with Gasteiger partial charge in [0.2, 0.25) is 0 Å². The lowest BCUT2D eigenvalue weighted by atomic mass is 9.89. The summed E-state index contributed by atoms with van der Waals surface area (Å²) in [6.45, 7) is 10.7. The molecule has 0 aliphatic carbocycles. The molecule has 96 valence electrons. The predicted molar refractivity (Wildman–Crippen MR) is 74.3 cm³/mol. The van der Waals surface area contributed by atoms with Crippen LogP contribution in [0.4, 0.5) is 0 Å². The van der Waals surface area contributed by atoms with E-state index in [1.807, 2.05) is 0 Å². The summed E-state index contributed by atoms with van der Waals surface area (Å²) in [7, 11) is 0. The number of aliphatic hydroxyl groups is 1. The molecule has 1 aromatic carbocycles. The molecule has 1 unspecified atom stereocenters. The summed E-state index contributed by atoms with van der Waals surface area (Å²) < 4.78 is 0. The van der Waals surface area contributed by atoms with Crippen molar-refractivity contribution in [1.82, 2.24) is 0 Å². The third-order valence-electron chi connectivity index (χ3n) is 3.95. The smallest absolute Gasteiger partial charge is 0.0795 e. The first-order valence-electron chi connectivity index (χ1n) is 6.75. The monoisotopic (exact) mass is 234 g/mol. The molecule has 0 saturated heterocycles. The van der Waals surface area contributed by atoms with Gasteiger partial charge < -0.3 is 5.11 Å². The van der Waals surface area contributed by atoms with Crippen LogP contribution in [0.5, 0.6) is 0 Å². The van der Waals surface area contributed by atoms with E-state index in [1.165, 1.54) is 16.7 Å². The summed E-state index contributed by atoms with van der Waals surface area (Å²) in [4.78, 5) is 0. The molecule has 0 amide bonds.